The van der Waals surface area contributed by atoms with Gasteiger partial charge in [-0.25, -0.2) is 0 Å². The summed E-state index contributed by atoms with van der Waals surface area (Å²) in [6, 6.07) is -0.235. The number of aliphatic hydroxyl groups is 4. The second-order valence-electron chi connectivity index (χ2n) is 16.3. The third-order valence-electron chi connectivity index (χ3n) is 12.0. The zero-order valence-corrected chi connectivity index (χ0v) is 32.4. The largest absolute Gasteiger partial charge is 0.489 e. The van der Waals surface area contributed by atoms with Crippen molar-refractivity contribution in [2.75, 3.05) is 21.2 Å². The maximum Gasteiger partial charge on any atom is 0.311 e. The van der Waals surface area contributed by atoms with Gasteiger partial charge in [0.2, 0.25) is 0 Å². The van der Waals surface area contributed by atoms with Crippen LogP contribution < -0.4 is 0 Å². The molecule has 0 aromatic heterocycles. The van der Waals surface area contributed by atoms with Crippen molar-refractivity contribution in [2.24, 2.45) is 17.8 Å². The molecule has 0 aromatic carbocycles. The van der Waals surface area contributed by atoms with E-state index in [0.29, 0.717) is 18.6 Å². The number of carbonyl (C=O) groups is 1. The highest BCUT2D eigenvalue weighted by atomic mass is 16.7. The molecule has 13 heteroatoms. The molecule has 0 amide bonds. The van der Waals surface area contributed by atoms with E-state index in [2.05, 4.69) is 0 Å². The van der Waals surface area contributed by atoms with E-state index in [1.807, 2.05) is 46.7 Å². The van der Waals surface area contributed by atoms with E-state index in [1.165, 1.54) is 14.0 Å². The summed E-state index contributed by atoms with van der Waals surface area (Å²) in [5.41, 5.74) is -3.00. The summed E-state index contributed by atoms with van der Waals surface area (Å²) >= 11 is 0. The van der Waals surface area contributed by atoms with Gasteiger partial charge >= 0.3 is 5.97 Å². The van der Waals surface area contributed by atoms with Crippen molar-refractivity contribution in [3.8, 4) is 0 Å². The fourth-order valence-corrected chi connectivity index (χ4v) is 8.73. The second kappa shape index (κ2) is 15.5. The fraction of sp³-hybridized carbons (Fsp3) is 0.919. The Balaban J connectivity index is 1.84. The highest BCUT2D eigenvalue weighted by Gasteiger charge is 2.56. The van der Waals surface area contributed by atoms with Gasteiger partial charge in [0.15, 0.2) is 12.6 Å². The number of aliphatic hydroxyl groups excluding tert-OH is 3. The first-order valence-corrected chi connectivity index (χ1v) is 18.3. The SMILES string of the molecule is CCC1OC(=O)C(C)C(O[C@H]2C[C@@](C)(OC)[C@@H](O)C(C)O2)C(C)[C@@H](OC2OC(C)CC(N(C)C)[C@H]2O)[C@]2(C)CC(C)=C(O2)[C@H](C)C(O)[C@]1(C)O. The van der Waals surface area contributed by atoms with Crippen molar-refractivity contribution in [1.82, 2.24) is 4.90 Å². The Morgan fingerprint density at radius 2 is 1.60 bits per heavy atom. The third-order valence-corrected chi connectivity index (χ3v) is 12.0. The van der Waals surface area contributed by atoms with Crippen molar-refractivity contribution in [3.63, 3.8) is 0 Å². The molecule has 290 valence electrons. The smallest absolute Gasteiger partial charge is 0.311 e. The number of methoxy groups -OCH3 is 1. The topological polar surface area (TPSA) is 166 Å². The van der Waals surface area contributed by atoms with Crippen LogP contribution in [0.1, 0.15) is 94.9 Å². The molecule has 4 N–H and O–H groups in total. The van der Waals surface area contributed by atoms with Gasteiger partial charge in [0, 0.05) is 37.8 Å². The molecule has 4 rings (SSSR count). The number of carbonyl (C=O) groups excluding carboxylic acids is 1. The zero-order valence-electron chi connectivity index (χ0n) is 32.4. The van der Waals surface area contributed by atoms with Gasteiger partial charge in [-0.15, -0.1) is 0 Å². The molecule has 3 saturated heterocycles. The summed E-state index contributed by atoms with van der Waals surface area (Å²) in [4.78, 5) is 16.1. The summed E-state index contributed by atoms with van der Waals surface area (Å²) < 4.78 is 44.6. The Morgan fingerprint density at radius 1 is 0.960 bits per heavy atom. The van der Waals surface area contributed by atoms with E-state index in [9.17, 15) is 25.2 Å². The number of hydrogen-bond donors (Lipinski definition) is 4. The van der Waals surface area contributed by atoms with E-state index in [-0.39, 0.29) is 25.0 Å². The van der Waals surface area contributed by atoms with E-state index in [1.54, 1.807) is 34.6 Å². The van der Waals surface area contributed by atoms with Crippen LogP contribution in [0.5, 0.6) is 0 Å². The molecule has 0 aliphatic carbocycles. The highest BCUT2D eigenvalue weighted by molar-refractivity contribution is 5.73. The van der Waals surface area contributed by atoms with Crippen LogP contribution in [0.3, 0.4) is 0 Å². The Labute approximate surface area is 298 Å². The average Bonchev–Trinajstić information content (AvgIpc) is 3.37. The van der Waals surface area contributed by atoms with E-state index >= 15 is 0 Å². The summed E-state index contributed by atoms with van der Waals surface area (Å²) in [5.74, 6) is -2.31. The van der Waals surface area contributed by atoms with E-state index < -0.39 is 95.8 Å². The van der Waals surface area contributed by atoms with Gasteiger partial charge in [-0.3, -0.25) is 4.79 Å². The van der Waals surface area contributed by atoms with Gasteiger partial charge in [-0.2, -0.15) is 0 Å². The predicted molar refractivity (Wildman–Crippen MR) is 184 cm³/mol. The lowest BCUT2D eigenvalue weighted by Crippen LogP contribution is -2.60. The maximum atomic E-state index is 14.1. The van der Waals surface area contributed by atoms with Gasteiger partial charge in [-0.1, -0.05) is 20.8 Å². The molecule has 0 saturated carbocycles. The first-order valence-electron chi connectivity index (χ1n) is 18.3. The fourth-order valence-electron chi connectivity index (χ4n) is 8.73. The minimum atomic E-state index is -1.82. The molecule has 2 bridgehead atoms. The number of hydrogen-bond acceptors (Lipinski definition) is 13. The molecular weight excluding hydrogens is 650 g/mol. The monoisotopic (exact) mass is 715 g/mol. The van der Waals surface area contributed by atoms with Crippen LogP contribution in [0.15, 0.2) is 11.3 Å². The summed E-state index contributed by atoms with van der Waals surface area (Å²) in [5, 5.41) is 45.9. The lowest BCUT2D eigenvalue weighted by Gasteiger charge is -2.48. The molecule has 3 fully saturated rings. The minimum absolute atomic E-state index is 0.173. The molecule has 0 spiro atoms. The van der Waals surface area contributed by atoms with Gasteiger partial charge in [0.1, 0.15) is 41.4 Å². The quantitative estimate of drug-likeness (QED) is 0.285. The van der Waals surface area contributed by atoms with Crippen LogP contribution in [-0.4, -0.2) is 137 Å². The molecule has 13 nitrogen and oxygen atoms in total. The molecule has 0 radical (unpaired) electrons. The minimum Gasteiger partial charge on any atom is -0.489 e. The maximum absolute atomic E-state index is 14.1. The lowest BCUT2D eigenvalue weighted by molar-refractivity contribution is -0.316. The summed E-state index contributed by atoms with van der Waals surface area (Å²) in [6.07, 6.45) is -7.39. The number of ether oxygens (including phenoxy) is 7. The van der Waals surface area contributed by atoms with E-state index in [4.69, 9.17) is 33.2 Å². The van der Waals surface area contributed by atoms with Crippen molar-refractivity contribution in [2.45, 2.75) is 179 Å². The van der Waals surface area contributed by atoms with Gasteiger partial charge < -0.3 is 58.5 Å². The molecular formula is C37H65NO12. The first kappa shape index (κ1) is 41.4. The van der Waals surface area contributed by atoms with Crippen molar-refractivity contribution >= 4 is 5.97 Å². The molecule has 4 aliphatic heterocycles. The second-order valence-corrected chi connectivity index (χ2v) is 16.3. The van der Waals surface area contributed by atoms with Crippen molar-refractivity contribution in [3.05, 3.63) is 11.3 Å². The number of rotatable bonds is 7. The Bertz CT molecular complexity index is 1210. The summed E-state index contributed by atoms with van der Waals surface area (Å²) in [6.45, 7) is 18.0. The number of esters is 1. The summed E-state index contributed by atoms with van der Waals surface area (Å²) in [7, 11) is 5.34. The highest BCUT2D eigenvalue weighted by Crippen LogP contribution is 2.47. The first-order chi connectivity index (χ1) is 23.1. The molecule has 4 heterocycles. The molecule has 50 heavy (non-hydrogen) atoms. The van der Waals surface area contributed by atoms with Crippen LogP contribution in [0.25, 0.3) is 0 Å². The van der Waals surface area contributed by atoms with Crippen LogP contribution in [0.4, 0.5) is 0 Å². The average molecular weight is 716 g/mol. The number of likely N-dealkylation sites (N-methyl/N-ethyl adjacent to an activating group) is 1. The van der Waals surface area contributed by atoms with Crippen LogP contribution >= 0.6 is 0 Å². The molecule has 0 aromatic rings. The number of nitrogens with zero attached hydrogens (tertiary/aromatic N) is 1. The molecule has 17 atom stereocenters. The van der Waals surface area contributed by atoms with Crippen LogP contribution in [0, 0.1) is 17.8 Å². The standard InChI is InChI=1S/C37H65NO12/c1-14-25-37(10,43)30(40)20(4)28-18(2)16-36(9,50-28)32(49-34-27(39)24(38(11)12)15-19(3)45-34)21(5)29(22(6)33(42)47-25)48-26-17-35(8,44-13)31(41)23(7)46-26/h19-27,29-32,34,39-41,43H,14-17H2,1-13H3/t19?,20-,21?,22?,23?,24?,25?,26-,27+,29?,30?,31-,32+,34?,35+,36-,37+/m0/s1. The van der Waals surface area contributed by atoms with Gasteiger partial charge in [0.05, 0.1) is 35.9 Å². The zero-order chi connectivity index (χ0) is 37.7. The van der Waals surface area contributed by atoms with E-state index in [0.717, 1.165) is 5.57 Å². The Hall–Kier alpha value is -1.39. The van der Waals surface area contributed by atoms with Gasteiger partial charge in [-0.05, 0) is 81.0 Å². The normalized spacial score (nSPS) is 49.5. The van der Waals surface area contributed by atoms with Crippen molar-refractivity contribution in [1.29, 1.82) is 0 Å². The Kier molecular flexibility index (Phi) is 12.8. The molecule has 4 aliphatic rings. The lowest BCUT2D eigenvalue weighted by atomic mass is 9.78. The number of fused-ring (bicyclic) bond motifs is 2. The number of cyclic esters (lactones) is 1. The Morgan fingerprint density at radius 3 is 2.18 bits per heavy atom. The van der Waals surface area contributed by atoms with Gasteiger partial charge in [0.25, 0.3) is 0 Å². The van der Waals surface area contributed by atoms with Crippen LogP contribution in [0.2, 0.25) is 0 Å². The molecule has 9 unspecified atom stereocenters. The van der Waals surface area contributed by atoms with Crippen molar-refractivity contribution < 1.29 is 58.4 Å². The predicted octanol–water partition coefficient (Wildman–Crippen LogP) is 2.89. The van der Waals surface area contributed by atoms with Crippen LogP contribution in [-0.2, 0) is 38.0 Å². The third kappa shape index (κ3) is 7.93.